The number of ketones is 1. The Bertz CT molecular complexity index is 1990. The summed E-state index contributed by atoms with van der Waals surface area (Å²) in [5, 5.41) is 19.0. The number of hydrogen-bond acceptors (Lipinski definition) is 5. The maximum absolute atomic E-state index is 16.9. The van der Waals surface area contributed by atoms with Gasteiger partial charge in [-0.1, -0.05) is 35.3 Å². The first-order valence-electron chi connectivity index (χ1n) is 14.7. The van der Waals surface area contributed by atoms with E-state index in [1.807, 2.05) is 19.1 Å². The number of fused-ring (bicyclic) bond motifs is 4. The fourth-order valence-electron chi connectivity index (χ4n) is 7.84. The number of benzene rings is 2. The predicted octanol–water partition coefficient (Wildman–Crippen LogP) is 7.07. The number of nitrogens with one attached hydrogen (secondary N) is 2. The van der Waals surface area contributed by atoms with E-state index < -0.39 is 5.82 Å². The van der Waals surface area contributed by atoms with Gasteiger partial charge in [-0.25, -0.2) is 9.37 Å². The third kappa shape index (κ3) is 3.93. The zero-order chi connectivity index (χ0) is 29.6. The highest BCUT2D eigenvalue weighted by Gasteiger charge is 2.49. The van der Waals surface area contributed by atoms with E-state index in [0.717, 1.165) is 51.9 Å². The largest absolute Gasteiger partial charge is 0.384 e. The van der Waals surface area contributed by atoms with Gasteiger partial charge in [0.2, 0.25) is 0 Å². The molecule has 5 aliphatic rings. The molecule has 1 unspecified atom stereocenters. The van der Waals surface area contributed by atoms with Gasteiger partial charge in [0.25, 0.3) is 0 Å². The number of halogens is 3. The average Bonchev–Trinajstić information content (AvgIpc) is 3.78. The number of rotatable bonds is 5. The molecular weight excluding hydrogens is 584 g/mol. The van der Waals surface area contributed by atoms with Crippen LogP contribution in [0.5, 0.6) is 0 Å². The Morgan fingerprint density at radius 1 is 1.19 bits per heavy atom. The minimum absolute atomic E-state index is 0.0261. The standard InChI is InChI=1S/C34H28Cl2FN5O/c1-16-21-13-28(24-15-40-26-8-7-19(43)12-22(24)26)42(33-18-11-27(33)39-14-18)34(21)23-10-17(4-3-9-38)29(31(37)32(23)41-16)20-5-2-6-25(35)30(20)36/h2,5-8,10,13,18,24,27,33,39-40H,3-4,11-12,14-15H2,1H3/t18-,24?,27-,33+/m1/s1. The molecule has 9 rings (SSSR count). The summed E-state index contributed by atoms with van der Waals surface area (Å²) >= 11 is 13.0. The Labute approximate surface area is 258 Å². The van der Waals surface area contributed by atoms with Gasteiger partial charge in [0.1, 0.15) is 5.52 Å². The second-order valence-corrected chi connectivity index (χ2v) is 12.9. The van der Waals surface area contributed by atoms with E-state index in [2.05, 4.69) is 27.3 Å². The fourth-order valence-corrected chi connectivity index (χ4v) is 8.23. The van der Waals surface area contributed by atoms with Gasteiger partial charge in [0, 0.05) is 76.9 Å². The first-order valence-corrected chi connectivity index (χ1v) is 15.5. The van der Waals surface area contributed by atoms with Crippen LogP contribution in [0, 0.1) is 30.0 Å². The summed E-state index contributed by atoms with van der Waals surface area (Å²) < 4.78 is 19.3. The molecule has 0 amide bonds. The smallest absolute Gasteiger partial charge is 0.159 e. The summed E-state index contributed by atoms with van der Waals surface area (Å²) in [5.74, 6) is 0.156. The second kappa shape index (κ2) is 9.92. The van der Waals surface area contributed by atoms with Crippen LogP contribution in [0.3, 0.4) is 0 Å². The SMILES string of the molecule is Cc1nc2c(F)c(-c3cccc(Cl)c3Cl)c(CCC#N)cc2c2c1cc(C1CNC3=C1CC(=O)C=C3)n2[C@H]1[C@H]2CN[C@@H]1C2. The van der Waals surface area contributed by atoms with Crippen molar-refractivity contribution in [3.8, 4) is 17.2 Å². The summed E-state index contributed by atoms with van der Waals surface area (Å²) in [6.07, 6.45) is 5.64. The number of hydrogen-bond donors (Lipinski definition) is 2. The van der Waals surface area contributed by atoms with E-state index in [9.17, 15) is 10.1 Å². The van der Waals surface area contributed by atoms with Gasteiger partial charge in [-0.15, -0.1) is 0 Å². The van der Waals surface area contributed by atoms with Gasteiger partial charge in [0.05, 0.1) is 27.7 Å². The van der Waals surface area contributed by atoms with Gasteiger partial charge in [-0.3, -0.25) is 4.79 Å². The molecule has 2 aromatic heterocycles. The fraction of sp³-hybridized carbons (Fsp3) is 0.324. The first-order chi connectivity index (χ1) is 20.9. The Morgan fingerprint density at radius 3 is 2.81 bits per heavy atom. The number of aromatic nitrogens is 2. The molecule has 2 aliphatic carbocycles. The third-order valence-electron chi connectivity index (χ3n) is 9.85. The van der Waals surface area contributed by atoms with Gasteiger partial charge < -0.3 is 15.2 Å². The van der Waals surface area contributed by atoms with Crippen molar-refractivity contribution in [2.45, 2.75) is 50.6 Å². The van der Waals surface area contributed by atoms with Crippen molar-refractivity contribution in [1.29, 1.82) is 5.26 Å². The summed E-state index contributed by atoms with van der Waals surface area (Å²) in [6, 6.07) is 12.2. The van der Waals surface area contributed by atoms with E-state index in [0.29, 0.717) is 53.1 Å². The van der Waals surface area contributed by atoms with Crippen LogP contribution >= 0.6 is 23.2 Å². The maximum Gasteiger partial charge on any atom is 0.159 e. The van der Waals surface area contributed by atoms with Crippen LogP contribution in [0.4, 0.5) is 4.39 Å². The molecule has 43 heavy (non-hydrogen) atoms. The normalized spacial score (nSPS) is 24.0. The Kier molecular flexibility index (Phi) is 6.20. The lowest BCUT2D eigenvalue weighted by Gasteiger charge is -2.38. The zero-order valence-electron chi connectivity index (χ0n) is 23.5. The number of carbonyl (C=O) groups excluding carboxylic acids is 1. The number of nitrogens with zero attached hydrogens (tertiary/aromatic N) is 3. The molecule has 2 N–H and O–H groups in total. The highest BCUT2D eigenvalue weighted by atomic mass is 35.5. The zero-order valence-corrected chi connectivity index (χ0v) is 25.0. The summed E-state index contributed by atoms with van der Waals surface area (Å²) in [6.45, 7) is 3.59. The van der Waals surface area contributed by atoms with E-state index in [1.54, 1.807) is 24.3 Å². The Hall–Kier alpha value is -3.70. The van der Waals surface area contributed by atoms with Crippen LogP contribution in [0.25, 0.3) is 32.9 Å². The van der Waals surface area contributed by atoms with Gasteiger partial charge in [-0.05, 0) is 67.2 Å². The number of carbonyl (C=O) groups is 1. The van der Waals surface area contributed by atoms with Crippen molar-refractivity contribution in [3.05, 3.63) is 86.6 Å². The highest BCUT2D eigenvalue weighted by Crippen LogP contribution is 2.51. The molecule has 3 aliphatic heterocycles. The number of aryl methyl sites for hydroxylation is 2. The van der Waals surface area contributed by atoms with E-state index in [-0.39, 0.29) is 34.7 Å². The summed E-state index contributed by atoms with van der Waals surface area (Å²) in [4.78, 5) is 17.3. The molecule has 2 saturated heterocycles. The summed E-state index contributed by atoms with van der Waals surface area (Å²) in [5.41, 5.74) is 6.80. The maximum atomic E-state index is 16.9. The van der Waals surface area contributed by atoms with Gasteiger partial charge >= 0.3 is 0 Å². The third-order valence-corrected chi connectivity index (χ3v) is 10.7. The minimum atomic E-state index is -0.459. The monoisotopic (exact) mass is 611 g/mol. The molecule has 0 spiro atoms. The number of pyridine rings is 1. The molecule has 216 valence electrons. The molecule has 3 fully saturated rings. The molecular formula is C34H28Cl2FN5O. The summed E-state index contributed by atoms with van der Waals surface area (Å²) in [7, 11) is 0. The van der Waals surface area contributed by atoms with Crippen molar-refractivity contribution >= 4 is 50.8 Å². The van der Waals surface area contributed by atoms with Crippen molar-refractivity contribution < 1.29 is 9.18 Å². The molecule has 2 bridgehead atoms. The molecule has 9 heteroatoms. The van der Waals surface area contributed by atoms with Crippen molar-refractivity contribution in [2.75, 3.05) is 13.1 Å². The Morgan fingerprint density at radius 2 is 2.05 bits per heavy atom. The second-order valence-electron chi connectivity index (χ2n) is 12.1. The van der Waals surface area contributed by atoms with Gasteiger partial charge in [-0.2, -0.15) is 5.26 Å². The first kappa shape index (κ1) is 26.9. The predicted molar refractivity (Wildman–Crippen MR) is 167 cm³/mol. The quantitative estimate of drug-likeness (QED) is 0.252. The van der Waals surface area contributed by atoms with E-state index >= 15 is 4.39 Å². The number of allylic oxidation sites excluding steroid dienone is 2. The lowest BCUT2D eigenvalue weighted by molar-refractivity contribution is -0.114. The van der Waals surface area contributed by atoms with Crippen LogP contribution in [0.15, 0.2) is 53.8 Å². The molecule has 0 radical (unpaired) electrons. The average molecular weight is 613 g/mol. The van der Waals surface area contributed by atoms with Crippen molar-refractivity contribution in [3.63, 3.8) is 0 Å². The van der Waals surface area contributed by atoms with Crippen LogP contribution < -0.4 is 10.6 Å². The molecule has 1 saturated carbocycles. The van der Waals surface area contributed by atoms with Crippen molar-refractivity contribution in [2.24, 2.45) is 5.92 Å². The van der Waals surface area contributed by atoms with Crippen LogP contribution in [-0.4, -0.2) is 34.5 Å². The molecule has 2 aromatic carbocycles. The highest BCUT2D eigenvalue weighted by molar-refractivity contribution is 6.43. The topological polar surface area (TPSA) is 82.7 Å². The van der Waals surface area contributed by atoms with E-state index in [1.165, 1.54) is 0 Å². The lowest BCUT2D eigenvalue weighted by atomic mass is 9.79. The Balaban J connectivity index is 1.44. The number of nitriles is 1. The molecule has 4 atom stereocenters. The van der Waals surface area contributed by atoms with Crippen molar-refractivity contribution in [1.82, 2.24) is 20.2 Å². The van der Waals surface area contributed by atoms with Gasteiger partial charge in [0.15, 0.2) is 11.6 Å². The molecule has 5 heterocycles. The minimum Gasteiger partial charge on any atom is -0.384 e. The van der Waals surface area contributed by atoms with Crippen LogP contribution in [0.2, 0.25) is 10.0 Å². The van der Waals surface area contributed by atoms with E-state index in [4.69, 9.17) is 28.2 Å². The lowest BCUT2D eigenvalue weighted by Crippen LogP contribution is -2.40. The molecule has 6 nitrogen and oxygen atoms in total. The van der Waals surface area contributed by atoms with Crippen LogP contribution in [0.1, 0.15) is 48.2 Å². The van der Waals surface area contributed by atoms with Crippen LogP contribution in [-0.2, 0) is 11.2 Å². The molecule has 4 aromatic rings.